The van der Waals surface area contributed by atoms with Gasteiger partial charge in [0, 0.05) is 0 Å². The van der Waals surface area contributed by atoms with E-state index in [9.17, 15) is 4.79 Å². The van der Waals surface area contributed by atoms with Gasteiger partial charge in [-0.1, -0.05) is 38.9 Å². The first-order valence-electron chi connectivity index (χ1n) is 5.49. The van der Waals surface area contributed by atoms with Crippen molar-refractivity contribution in [3.8, 4) is 0 Å². The third kappa shape index (κ3) is 1.99. The minimum Gasteiger partial charge on any atom is -0.474 e. The molecule has 0 aromatic carbocycles. The second-order valence-corrected chi connectivity index (χ2v) is 9.00. The molecule has 0 radical (unpaired) electrons. The highest BCUT2D eigenvalue weighted by molar-refractivity contribution is 6.91. The fourth-order valence-electron chi connectivity index (χ4n) is 2.15. The van der Waals surface area contributed by atoms with Gasteiger partial charge in [0.25, 0.3) is 5.91 Å². The molecule has 0 saturated carbocycles. The summed E-state index contributed by atoms with van der Waals surface area (Å²) in [6.07, 6.45) is 1.58. The summed E-state index contributed by atoms with van der Waals surface area (Å²) in [5, 5.41) is 0.891. The monoisotopic (exact) mass is 225 g/mol. The molecule has 2 N–H and O–H groups in total. The maximum Gasteiger partial charge on any atom is 0.251 e. The fraction of sp³-hybridized carbons (Fsp3) is 0.545. The zero-order valence-corrected chi connectivity index (χ0v) is 10.7. The predicted molar refractivity (Wildman–Crippen MR) is 64.1 cm³/mol. The molecule has 1 amide bonds. The summed E-state index contributed by atoms with van der Waals surface area (Å²) in [7, 11) is -1.62. The first-order valence-corrected chi connectivity index (χ1v) is 8.11. The normalized spacial score (nSPS) is 11.7. The third-order valence-corrected chi connectivity index (χ3v) is 8.85. The van der Waals surface area contributed by atoms with Crippen molar-refractivity contribution in [1.82, 2.24) is 0 Å². The maximum absolute atomic E-state index is 11.3. The van der Waals surface area contributed by atoms with Crippen LogP contribution in [0.25, 0.3) is 0 Å². The number of amides is 1. The highest BCUT2D eigenvalue weighted by Crippen LogP contribution is 2.22. The highest BCUT2D eigenvalue weighted by atomic mass is 28.3. The van der Waals surface area contributed by atoms with Gasteiger partial charge >= 0.3 is 0 Å². The Kier molecular flexibility index (Phi) is 3.74. The van der Waals surface area contributed by atoms with Crippen LogP contribution in [0.15, 0.2) is 16.7 Å². The average Bonchev–Trinajstić information content (AvgIpc) is 2.71. The van der Waals surface area contributed by atoms with Gasteiger partial charge in [-0.15, -0.1) is 0 Å². The summed E-state index contributed by atoms with van der Waals surface area (Å²) in [6.45, 7) is 6.52. The van der Waals surface area contributed by atoms with Crippen LogP contribution in [-0.4, -0.2) is 14.0 Å². The SMILES string of the molecule is CC[Si](CC)(CC)c1occc1C(N)=O. The molecule has 3 nitrogen and oxygen atoms in total. The van der Waals surface area contributed by atoms with Crippen molar-refractivity contribution in [2.75, 3.05) is 0 Å². The van der Waals surface area contributed by atoms with Crippen LogP contribution in [0.5, 0.6) is 0 Å². The van der Waals surface area contributed by atoms with Gasteiger partial charge in [-0.05, 0) is 6.07 Å². The molecule has 0 fully saturated rings. The third-order valence-electron chi connectivity index (χ3n) is 3.44. The van der Waals surface area contributed by atoms with Crippen molar-refractivity contribution in [2.24, 2.45) is 5.73 Å². The summed E-state index contributed by atoms with van der Waals surface area (Å²) in [5.74, 6) is -0.369. The molecule has 0 saturated heterocycles. The minimum absolute atomic E-state index is 0.369. The minimum atomic E-state index is -1.62. The van der Waals surface area contributed by atoms with Crippen molar-refractivity contribution < 1.29 is 9.21 Å². The molecule has 1 aromatic heterocycles. The van der Waals surface area contributed by atoms with Crippen molar-refractivity contribution in [1.29, 1.82) is 0 Å². The Morgan fingerprint density at radius 3 is 2.27 bits per heavy atom. The average molecular weight is 225 g/mol. The van der Waals surface area contributed by atoms with Crippen LogP contribution in [0.1, 0.15) is 31.1 Å². The molecule has 1 heterocycles. The molecule has 1 aromatic rings. The molecule has 0 aliphatic rings. The molecule has 0 spiro atoms. The second kappa shape index (κ2) is 4.66. The van der Waals surface area contributed by atoms with Crippen LogP contribution >= 0.6 is 0 Å². The Morgan fingerprint density at radius 2 is 1.87 bits per heavy atom. The lowest BCUT2D eigenvalue weighted by atomic mass is 10.3. The molecular weight excluding hydrogens is 206 g/mol. The van der Waals surface area contributed by atoms with Gasteiger partial charge < -0.3 is 10.2 Å². The molecule has 0 unspecified atom stereocenters. The van der Waals surface area contributed by atoms with Crippen LogP contribution in [0.3, 0.4) is 0 Å². The van der Waals surface area contributed by atoms with E-state index in [0.29, 0.717) is 5.56 Å². The molecule has 15 heavy (non-hydrogen) atoms. The molecule has 84 valence electrons. The number of carbonyl (C=O) groups is 1. The maximum atomic E-state index is 11.3. The predicted octanol–water partition coefficient (Wildman–Crippen LogP) is 2.09. The van der Waals surface area contributed by atoms with Gasteiger partial charge in [-0.3, -0.25) is 4.79 Å². The summed E-state index contributed by atoms with van der Waals surface area (Å²) in [6, 6.07) is 4.97. The van der Waals surface area contributed by atoms with E-state index in [4.69, 9.17) is 10.2 Å². The van der Waals surface area contributed by atoms with Crippen molar-refractivity contribution >= 4 is 19.4 Å². The Hall–Kier alpha value is -1.03. The Bertz CT molecular complexity index is 334. The quantitative estimate of drug-likeness (QED) is 0.780. The second-order valence-electron chi connectivity index (χ2n) is 3.87. The van der Waals surface area contributed by atoms with E-state index in [1.165, 1.54) is 0 Å². The summed E-state index contributed by atoms with van der Waals surface area (Å²) in [5.41, 5.74) is 5.93. The van der Waals surface area contributed by atoms with Crippen molar-refractivity contribution in [3.63, 3.8) is 0 Å². The number of nitrogens with two attached hydrogens (primary N) is 1. The Morgan fingerprint density at radius 1 is 1.33 bits per heavy atom. The Labute approximate surface area is 91.7 Å². The van der Waals surface area contributed by atoms with Gasteiger partial charge in [-0.2, -0.15) is 0 Å². The molecular formula is C11H19NO2Si. The lowest BCUT2D eigenvalue weighted by molar-refractivity contribution is 0.100. The van der Waals surface area contributed by atoms with E-state index in [2.05, 4.69) is 20.8 Å². The van der Waals surface area contributed by atoms with Crippen LogP contribution in [0.4, 0.5) is 0 Å². The lowest BCUT2D eigenvalue weighted by Gasteiger charge is -2.25. The molecule has 4 heteroatoms. The Balaban J connectivity index is 3.22. The van der Waals surface area contributed by atoms with E-state index in [1.807, 2.05) is 0 Å². The van der Waals surface area contributed by atoms with Crippen LogP contribution in [0, 0.1) is 0 Å². The van der Waals surface area contributed by atoms with Crippen LogP contribution < -0.4 is 11.1 Å². The molecule has 0 aliphatic heterocycles. The topological polar surface area (TPSA) is 56.2 Å². The van der Waals surface area contributed by atoms with E-state index >= 15 is 0 Å². The summed E-state index contributed by atoms with van der Waals surface area (Å²) < 4.78 is 5.53. The van der Waals surface area contributed by atoms with E-state index in [1.54, 1.807) is 12.3 Å². The van der Waals surface area contributed by atoms with Crippen molar-refractivity contribution in [3.05, 3.63) is 17.9 Å². The number of carbonyl (C=O) groups excluding carboxylic acids is 1. The fourth-order valence-corrected chi connectivity index (χ4v) is 5.70. The van der Waals surface area contributed by atoms with Gasteiger partial charge in [0.15, 0.2) is 0 Å². The molecule has 0 atom stereocenters. The van der Waals surface area contributed by atoms with Crippen LogP contribution in [-0.2, 0) is 0 Å². The number of rotatable bonds is 5. The van der Waals surface area contributed by atoms with Gasteiger partial charge in [0.05, 0.1) is 17.2 Å². The van der Waals surface area contributed by atoms with Gasteiger partial charge in [0.1, 0.15) is 8.07 Å². The molecule has 0 aliphatic carbocycles. The number of hydrogen-bond acceptors (Lipinski definition) is 2. The van der Waals surface area contributed by atoms with Gasteiger partial charge in [0.2, 0.25) is 0 Å². The molecule has 1 rings (SSSR count). The standard InChI is InChI=1S/C11H19NO2Si/c1-4-15(5-2,6-3)11-9(10(12)13)7-8-14-11/h7-8H,4-6H2,1-3H3,(H2,12,13). The smallest absolute Gasteiger partial charge is 0.251 e. The zero-order chi connectivity index (χ0) is 11.5. The van der Waals surface area contributed by atoms with Gasteiger partial charge in [-0.25, -0.2) is 0 Å². The summed E-state index contributed by atoms with van der Waals surface area (Å²) >= 11 is 0. The van der Waals surface area contributed by atoms with E-state index in [0.717, 1.165) is 23.5 Å². The first kappa shape index (κ1) is 12.0. The number of primary amides is 1. The van der Waals surface area contributed by atoms with Crippen LogP contribution in [0.2, 0.25) is 18.1 Å². The lowest BCUT2D eigenvalue weighted by Crippen LogP contribution is -2.48. The summed E-state index contributed by atoms with van der Waals surface area (Å²) in [4.78, 5) is 11.3. The molecule has 0 bridgehead atoms. The highest BCUT2D eigenvalue weighted by Gasteiger charge is 2.35. The largest absolute Gasteiger partial charge is 0.474 e. The van der Waals surface area contributed by atoms with E-state index < -0.39 is 8.07 Å². The number of hydrogen-bond donors (Lipinski definition) is 1. The van der Waals surface area contributed by atoms with E-state index in [-0.39, 0.29) is 5.91 Å². The van der Waals surface area contributed by atoms with Crippen molar-refractivity contribution in [2.45, 2.75) is 38.9 Å². The number of furan rings is 1. The zero-order valence-electron chi connectivity index (χ0n) is 9.67. The first-order chi connectivity index (χ1) is 7.11.